The molecule has 1 saturated heterocycles. The fraction of sp³-hybridized carbons (Fsp3) is 0.417. The standard InChI is InChI=1S/C12H14F2N2O3S/c1-16(7-2-3-20(18,19)6-7)12(17)8-4-11(15)10(14)5-9(8)13/h4-5,7H,2-3,6,15H2,1H3. The van der Waals surface area contributed by atoms with Crippen LogP contribution in [-0.4, -0.2) is 43.8 Å². The highest BCUT2D eigenvalue weighted by atomic mass is 32.2. The van der Waals surface area contributed by atoms with Crippen LogP contribution in [-0.2, 0) is 9.84 Å². The minimum absolute atomic E-state index is 0.00330. The van der Waals surface area contributed by atoms with Crippen LogP contribution in [0.25, 0.3) is 0 Å². The van der Waals surface area contributed by atoms with Gasteiger partial charge in [0, 0.05) is 19.2 Å². The summed E-state index contributed by atoms with van der Waals surface area (Å²) in [6, 6.07) is 0.965. The summed E-state index contributed by atoms with van der Waals surface area (Å²) in [5, 5.41) is 0. The maximum atomic E-state index is 13.6. The Labute approximate surface area is 115 Å². The van der Waals surface area contributed by atoms with Crippen LogP contribution in [0.5, 0.6) is 0 Å². The van der Waals surface area contributed by atoms with E-state index in [1.165, 1.54) is 11.9 Å². The van der Waals surface area contributed by atoms with Gasteiger partial charge < -0.3 is 10.6 Å². The van der Waals surface area contributed by atoms with Gasteiger partial charge in [-0.15, -0.1) is 0 Å². The van der Waals surface area contributed by atoms with E-state index in [1.807, 2.05) is 0 Å². The molecule has 20 heavy (non-hydrogen) atoms. The van der Waals surface area contributed by atoms with E-state index in [0.717, 1.165) is 6.07 Å². The van der Waals surface area contributed by atoms with Gasteiger partial charge in [-0.3, -0.25) is 4.79 Å². The Hall–Kier alpha value is -1.70. The fourth-order valence-electron chi connectivity index (χ4n) is 2.17. The molecule has 1 aliphatic heterocycles. The highest BCUT2D eigenvalue weighted by Gasteiger charge is 2.33. The van der Waals surface area contributed by atoms with Crippen LogP contribution < -0.4 is 5.73 Å². The normalized spacial score (nSPS) is 20.9. The third-order valence-electron chi connectivity index (χ3n) is 3.39. The van der Waals surface area contributed by atoms with E-state index < -0.39 is 33.4 Å². The van der Waals surface area contributed by atoms with Gasteiger partial charge in [-0.1, -0.05) is 0 Å². The second kappa shape index (κ2) is 5.01. The molecule has 1 aromatic rings. The summed E-state index contributed by atoms with van der Waals surface area (Å²) >= 11 is 0. The third-order valence-corrected chi connectivity index (χ3v) is 5.14. The molecule has 0 radical (unpaired) electrons. The van der Waals surface area contributed by atoms with Crippen LogP contribution in [0.1, 0.15) is 16.8 Å². The van der Waals surface area contributed by atoms with Crippen LogP contribution >= 0.6 is 0 Å². The van der Waals surface area contributed by atoms with E-state index in [0.29, 0.717) is 12.5 Å². The SMILES string of the molecule is CN(C(=O)c1cc(N)c(F)cc1F)C1CCS(=O)(=O)C1. The van der Waals surface area contributed by atoms with Gasteiger partial charge in [0.15, 0.2) is 9.84 Å². The number of carbonyl (C=O) groups is 1. The zero-order chi connectivity index (χ0) is 15.1. The number of sulfone groups is 1. The van der Waals surface area contributed by atoms with Crippen molar-refractivity contribution < 1.29 is 22.0 Å². The molecule has 8 heteroatoms. The van der Waals surface area contributed by atoms with Crippen LogP contribution in [0.2, 0.25) is 0 Å². The summed E-state index contributed by atoms with van der Waals surface area (Å²) < 4.78 is 49.5. The lowest BCUT2D eigenvalue weighted by Crippen LogP contribution is -2.38. The first-order valence-electron chi connectivity index (χ1n) is 5.93. The van der Waals surface area contributed by atoms with E-state index in [-0.39, 0.29) is 22.8 Å². The first-order chi connectivity index (χ1) is 9.21. The van der Waals surface area contributed by atoms with E-state index in [4.69, 9.17) is 5.73 Å². The lowest BCUT2D eigenvalue weighted by Gasteiger charge is -2.23. The van der Waals surface area contributed by atoms with Gasteiger partial charge in [0.2, 0.25) is 0 Å². The van der Waals surface area contributed by atoms with Gasteiger partial charge in [-0.05, 0) is 12.5 Å². The fourth-order valence-corrected chi connectivity index (χ4v) is 3.94. The van der Waals surface area contributed by atoms with E-state index in [2.05, 4.69) is 0 Å². The quantitative estimate of drug-likeness (QED) is 0.820. The molecular weight excluding hydrogens is 290 g/mol. The van der Waals surface area contributed by atoms with Crippen molar-refractivity contribution in [1.82, 2.24) is 4.90 Å². The molecule has 0 bridgehead atoms. The van der Waals surface area contributed by atoms with E-state index in [1.54, 1.807) is 0 Å². The Morgan fingerprint density at radius 3 is 2.55 bits per heavy atom. The average molecular weight is 304 g/mol. The number of hydrogen-bond donors (Lipinski definition) is 1. The summed E-state index contributed by atoms with van der Waals surface area (Å²) in [6.45, 7) is 0. The van der Waals surface area contributed by atoms with Crippen molar-refractivity contribution in [3.05, 3.63) is 29.3 Å². The van der Waals surface area contributed by atoms with Gasteiger partial charge in [0.1, 0.15) is 11.6 Å². The molecule has 5 nitrogen and oxygen atoms in total. The molecule has 1 aliphatic rings. The maximum absolute atomic E-state index is 13.6. The van der Waals surface area contributed by atoms with Gasteiger partial charge in [-0.25, -0.2) is 17.2 Å². The summed E-state index contributed by atoms with van der Waals surface area (Å²) in [4.78, 5) is 13.3. The van der Waals surface area contributed by atoms with E-state index in [9.17, 15) is 22.0 Å². The summed E-state index contributed by atoms with van der Waals surface area (Å²) in [7, 11) is -1.76. The van der Waals surface area contributed by atoms with Crippen LogP contribution in [0.3, 0.4) is 0 Å². The van der Waals surface area contributed by atoms with Crippen molar-refractivity contribution in [2.75, 3.05) is 24.3 Å². The minimum Gasteiger partial charge on any atom is -0.396 e. The number of halogens is 2. The largest absolute Gasteiger partial charge is 0.396 e. The van der Waals surface area contributed by atoms with Crippen molar-refractivity contribution >= 4 is 21.4 Å². The Morgan fingerprint density at radius 1 is 1.35 bits per heavy atom. The molecule has 110 valence electrons. The second-order valence-corrected chi connectivity index (χ2v) is 7.06. The van der Waals surface area contributed by atoms with Crippen molar-refractivity contribution in [2.24, 2.45) is 0 Å². The molecule has 0 aromatic heterocycles. The highest BCUT2D eigenvalue weighted by Crippen LogP contribution is 2.22. The molecule has 0 saturated carbocycles. The molecule has 2 rings (SSSR count). The molecule has 1 atom stereocenters. The van der Waals surface area contributed by atoms with Crippen LogP contribution in [0.4, 0.5) is 14.5 Å². The molecule has 1 unspecified atom stereocenters. The predicted molar refractivity (Wildman–Crippen MR) is 69.9 cm³/mol. The molecule has 1 aromatic carbocycles. The zero-order valence-electron chi connectivity index (χ0n) is 10.8. The lowest BCUT2D eigenvalue weighted by atomic mass is 10.1. The van der Waals surface area contributed by atoms with Gasteiger partial charge >= 0.3 is 0 Å². The number of nitrogens with zero attached hydrogens (tertiary/aromatic N) is 1. The third kappa shape index (κ3) is 2.74. The Bertz CT molecular complexity index is 661. The first-order valence-corrected chi connectivity index (χ1v) is 7.75. The maximum Gasteiger partial charge on any atom is 0.256 e. The number of nitrogens with two attached hydrogens (primary N) is 1. The molecule has 1 heterocycles. The van der Waals surface area contributed by atoms with Crippen molar-refractivity contribution in [3.63, 3.8) is 0 Å². The molecular formula is C12H14F2N2O3S. The zero-order valence-corrected chi connectivity index (χ0v) is 11.6. The molecule has 2 N–H and O–H groups in total. The average Bonchev–Trinajstić information content (AvgIpc) is 2.72. The first kappa shape index (κ1) is 14.7. The number of carbonyl (C=O) groups excluding carboxylic acids is 1. The Morgan fingerprint density at radius 2 is 2.00 bits per heavy atom. The summed E-state index contributed by atoms with van der Waals surface area (Å²) in [5.74, 6) is -2.81. The van der Waals surface area contributed by atoms with Crippen molar-refractivity contribution in [3.8, 4) is 0 Å². The topological polar surface area (TPSA) is 80.5 Å². The van der Waals surface area contributed by atoms with E-state index >= 15 is 0 Å². The number of amides is 1. The Balaban J connectivity index is 2.26. The smallest absolute Gasteiger partial charge is 0.256 e. The molecule has 0 aliphatic carbocycles. The predicted octanol–water partition coefficient (Wildman–Crippen LogP) is 0.806. The number of benzene rings is 1. The van der Waals surface area contributed by atoms with Crippen LogP contribution in [0, 0.1) is 11.6 Å². The van der Waals surface area contributed by atoms with Crippen molar-refractivity contribution in [1.29, 1.82) is 0 Å². The summed E-state index contributed by atoms with van der Waals surface area (Å²) in [5.41, 5.74) is 4.62. The van der Waals surface area contributed by atoms with Crippen LogP contribution in [0.15, 0.2) is 12.1 Å². The lowest BCUT2D eigenvalue weighted by molar-refractivity contribution is 0.0743. The molecule has 1 amide bonds. The molecule has 0 spiro atoms. The van der Waals surface area contributed by atoms with Crippen molar-refractivity contribution in [2.45, 2.75) is 12.5 Å². The highest BCUT2D eigenvalue weighted by molar-refractivity contribution is 7.91. The number of rotatable bonds is 2. The number of nitrogen functional groups attached to an aromatic ring is 1. The van der Waals surface area contributed by atoms with Gasteiger partial charge in [-0.2, -0.15) is 0 Å². The Kier molecular flexibility index (Phi) is 3.68. The number of hydrogen-bond acceptors (Lipinski definition) is 4. The minimum atomic E-state index is -3.15. The van der Waals surface area contributed by atoms with Gasteiger partial charge in [0.05, 0.1) is 22.8 Å². The van der Waals surface area contributed by atoms with Gasteiger partial charge in [0.25, 0.3) is 5.91 Å². The second-order valence-electron chi connectivity index (χ2n) is 4.83. The monoisotopic (exact) mass is 304 g/mol. The number of anilines is 1. The molecule has 1 fully saturated rings. The summed E-state index contributed by atoms with van der Waals surface area (Å²) in [6.07, 6.45) is 0.308.